The number of pyridine rings is 1. The Hall–Kier alpha value is -1.58. The van der Waals surface area contributed by atoms with Crippen molar-refractivity contribution >= 4 is 5.91 Å². The summed E-state index contributed by atoms with van der Waals surface area (Å²) < 4.78 is 0. The minimum absolute atomic E-state index is 0.168. The summed E-state index contributed by atoms with van der Waals surface area (Å²) in [5, 5.41) is 2.86. The van der Waals surface area contributed by atoms with Crippen LogP contribution in [0.4, 0.5) is 0 Å². The first-order valence-electron chi connectivity index (χ1n) is 5.64. The van der Waals surface area contributed by atoms with E-state index in [4.69, 9.17) is 0 Å². The summed E-state index contributed by atoms with van der Waals surface area (Å²) in [6.45, 7) is 2.84. The van der Waals surface area contributed by atoms with Gasteiger partial charge in [0.25, 0.3) is 5.91 Å². The molecule has 0 bridgehead atoms. The second kappa shape index (κ2) is 4.51. The predicted octanol–water partition coefficient (Wildman–Crippen LogP) is 1.15. The normalized spacial score (nSPS) is 16.8. The third-order valence-electron chi connectivity index (χ3n) is 3.05. The van der Waals surface area contributed by atoms with Crippen molar-refractivity contribution in [3.8, 4) is 0 Å². The van der Waals surface area contributed by atoms with Crippen LogP contribution in [0.3, 0.4) is 0 Å². The number of hydrogen-bond donors (Lipinski definition) is 2. The molecule has 16 heavy (non-hydrogen) atoms. The van der Waals surface area contributed by atoms with Crippen LogP contribution < -0.4 is 10.9 Å². The number of rotatable bonds is 4. The molecule has 0 aromatic carbocycles. The highest BCUT2D eigenvalue weighted by Gasteiger charge is 2.27. The first-order valence-corrected chi connectivity index (χ1v) is 5.64. The smallest absolute Gasteiger partial charge is 0.251 e. The molecule has 4 heteroatoms. The highest BCUT2D eigenvalue weighted by atomic mass is 16.2. The molecule has 0 aliphatic heterocycles. The molecule has 1 fully saturated rings. The van der Waals surface area contributed by atoms with Crippen LogP contribution in [0.2, 0.25) is 0 Å². The standard InChI is InChI=1S/C12H16N2O2/c1-8(9-2-3-9)7-14-12(16)10-4-5-13-11(15)6-10/h4-6,8-9H,2-3,7H2,1H3,(H,13,15)(H,14,16). The van der Waals surface area contributed by atoms with Crippen LogP contribution in [0.5, 0.6) is 0 Å². The Kier molecular flexibility index (Phi) is 3.08. The molecular formula is C12H16N2O2. The van der Waals surface area contributed by atoms with E-state index in [9.17, 15) is 9.59 Å². The maximum atomic E-state index is 11.7. The molecule has 1 amide bonds. The Bertz CT molecular complexity index is 435. The number of hydrogen-bond acceptors (Lipinski definition) is 2. The van der Waals surface area contributed by atoms with Crippen LogP contribution in [-0.2, 0) is 0 Å². The van der Waals surface area contributed by atoms with Crippen molar-refractivity contribution in [2.75, 3.05) is 6.54 Å². The summed E-state index contributed by atoms with van der Waals surface area (Å²) in [6, 6.07) is 2.93. The molecule has 2 rings (SSSR count). The second-order valence-electron chi connectivity index (χ2n) is 4.47. The van der Waals surface area contributed by atoms with Crippen LogP contribution in [0, 0.1) is 11.8 Å². The molecule has 1 atom stereocenters. The van der Waals surface area contributed by atoms with Crippen molar-refractivity contribution in [1.29, 1.82) is 0 Å². The SMILES string of the molecule is CC(CNC(=O)c1cc[nH]c(=O)c1)C1CC1. The number of carbonyl (C=O) groups is 1. The summed E-state index contributed by atoms with van der Waals surface area (Å²) in [4.78, 5) is 25.2. The minimum atomic E-state index is -0.247. The number of H-pyrrole nitrogens is 1. The lowest BCUT2D eigenvalue weighted by atomic mass is 10.1. The van der Waals surface area contributed by atoms with Crippen LogP contribution in [0.15, 0.2) is 23.1 Å². The summed E-state index contributed by atoms with van der Waals surface area (Å²) in [5.41, 5.74) is 0.176. The fourth-order valence-corrected chi connectivity index (χ4v) is 1.77. The van der Waals surface area contributed by atoms with E-state index in [1.54, 1.807) is 6.07 Å². The van der Waals surface area contributed by atoms with Crippen molar-refractivity contribution in [2.45, 2.75) is 19.8 Å². The molecule has 1 heterocycles. The van der Waals surface area contributed by atoms with Crippen LogP contribution in [-0.4, -0.2) is 17.4 Å². The van der Waals surface area contributed by atoms with Crippen LogP contribution >= 0.6 is 0 Å². The van der Waals surface area contributed by atoms with Gasteiger partial charge in [-0.25, -0.2) is 0 Å². The van der Waals surface area contributed by atoms with Gasteiger partial charge in [0, 0.05) is 24.4 Å². The lowest BCUT2D eigenvalue weighted by molar-refractivity contribution is 0.0946. The third kappa shape index (κ3) is 2.72. The van der Waals surface area contributed by atoms with E-state index in [1.807, 2.05) is 0 Å². The average Bonchev–Trinajstić information content (AvgIpc) is 3.09. The molecule has 0 saturated heterocycles. The van der Waals surface area contributed by atoms with Gasteiger partial charge in [0.05, 0.1) is 0 Å². The highest BCUT2D eigenvalue weighted by molar-refractivity contribution is 5.93. The van der Waals surface area contributed by atoms with Gasteiger partial charge >= 0.3 is 0 Å². The molecule has 2 N–H and O–H groups in total. The zero-order valence-corrected chi connectivity index (χ0v) is 9.32. The maximum absolute atomic E-state index is 11.7. The summed E-state index contributed by atoms with van der Waals surface area (Å²) >= 11 is 0. The zero-order chi connectivity index (χ0) is 11.5. The Morgan fingerprint density at radius 2 is 2.38 bits per heavy atom. The number of amides is 1. The van der Waals surface area contributed by atoms with E-state index < -0.39 is 0 Å². The topological polar surface area (TPSA) is 62.0 Å². The van der Waals surface area contributed by atoms with Gasteiger partial charge in [0.1, 0.15) is 0 Å². The van der Waals surface area contributed by atoms with Crippen molar-refractivity contribution in [2.24, 2.45) is 11.8 Å². The van der Waals surface area contributed by atoms with Crippen molar-refractivity contribution in [3.05, 3.63) is 34.2 Å². The fraction of sp³-hybridized carbons (Fsp3) is 0.500. The quantitative estimate of drug-likeness (QED) is 0.799. The third-order valence-corrected chi connectivity index (χ3v) is 3.05. The molecule has 4 nitrogen and oxygen atoms in total. The monoisotopic (exact) mass is 220 g/mol. The van der Waals surface area contributed by atoms with Crippen LogP contribution in [0.1, 0.15) is 30.1 Å². The Balaban J connectivity index is 1.89. The minimum Gasteiger partial charge on any atom is -0.352 e. The van der Waals surface area contributed by atoms with Crippen molar-refractivity contribution in [1.82, 2.24) is 10.3 Å². The van der Waals surface area contributed by atoms with Crippen molar-refractivity contribution < 1.29 is 4.79 Å². The molecular weight excluding hydrogens is 204 g/mol. The lowest BCUT2D eigenvalue weighted by Gasteiger charge is -2.11. The Morgan fingerprint density at radius 3 is 3.00 bits per heavy atom. The molecule has 1 unspecified atom stereocenters. The largest absolute Gasteiger partial charge is 0.352 e. The van der Waals surface area contributed by atoms with Gasteiger partial charge < -0.3 is 10.3 Å². The molecule has 0 radical (unpaired) electrons. The van der Waals surface area contributed by atoms with Gasteiger partial charge in [0.2, 0.25) is 5.56 Å². The maximum Gasteiger partial charge on any atom is 0.251 e. The molecule has 1 saturated carbocycles. The Morgan fingerprint density at radius 1 is 1.62 bits per heavy atom. The molecule has 1 aliphatic rings. The average molecular weight is 220 g/mol. The first-order chi connectivity index (χ1) is 7.66. The van der Waals surface area contributed by atoms with E-state index in [2.05, 4.69) is 17.2 Å². The number of carbonyl (C=O) groups excluding carboxylic acids is 1. The van der Waals surface area contributed by atoms with Gasteiger partial charge in [-0.05, 0) is 30.7 Å². The molecule has 1 aliphatic carbocycles. The molecule has 1 aromatic heterocycles. The lowest BCUT2D eigenvalue weighted by Crippen LogP contribution is -2.29. The number of aromatic amines is 1. The molecule has 86 valence electrons. The molecule has 1 aromatic rings. The van der Waals surface area contributed by atoms with Gasteiger partial charge in [-0.3, -0.25) is 9.59 Å². The summed E-state index contributed by atoms with van der Waals surface area (Å²) in [7, 11) is 0. The van der Waals surface area contributed by atoms with Gasteiger partial charge in [-0.2, -0.15) is 0 Å². The predicted molar refractivity (Wildman–Crippen MR) is 61.3 cm³/mol. The van der Waals surface area contributed by atoms with E-state index in [0.29, 0.717) is 18.0 Å². The Labute approximate surface area is 94.1 Å². The second-order valence-corrected chi connectivity index (χ2v) is 4.47. The van der Waals surface area contributed by atoms with E-state index in [1.165, 1.54) is 25.1 Å². The zero-order valence-electron chi connectivity index (χ0n) is 9.32. The summed E-state index contributed by atoms with van der Waals surface area (Å²) in [5.74, 6) is 1.14. The van der Waals surface area contributed by atoms with E-state index in [-0.39, 0.29) is 11.5 Å². The van der Waals surface area contributed by atoms with Crippen molar-refractivity contribution in [3.63, 3.8) is 0 Å². The highest BCUT2D eigenvalue weighted by Crippen LogP contribution is 2.36. The number of aromatic nitrogens is 1. The first kappa shape index (κ1) is 10.9. The number of nitrogens with one attached hydrogen (secondary N) is 2. The summed E-state index contributed by atoms with van der Waals surface area (Å²) in [6.07, 6.45) is 4.05. The van der Waals surface area contributed by atoms with Gasteiger partial charge in [0.15, 0.2) is 0 Å². The van der Waals surface area contributed by atoms with E-state index >= 15 is 0 Å². The fourth-order valence-electron chi connectivity index (χ4n) is 1.77. The van der Waals surface area contributed by atoms with E-state index in [0.717, 1.165) is 5.92 Å². The molecule has 0 spiro atoms. The van der Waals surface area contributed by atoms with Crippen LogP contribution in [0.25, 0.3) is 0 Å². The van der Waals surface area contributed by atoms with Gasteiger partial charge in [-0.15, -0.1) is 0 Å². The van der Waals surface area contributed by atoms with Gasteiger partial charge in [-0.1, -0.05) is 6.92 Å².